The second kappa shape index (κ2) is 5.14. The standard InChI is InChI=1S/C15H18N4O/c1-9(17-12-4-2-3-11(12)8-16)10-5-6-13-14(7-10)19-15(20)18-13/h5-7,9,11-12,17H,2-4H2,1H3,(H2,18,19,20). The van der Waals surface area contributed by atoms with Crippen LogP contribution in [0.3, 0.4) is 0 Å². The Morgan fingerprint density at radius 1 is 1.35 bits per heavy atom. The molecule has 0 saturated heterocycles. The minimum absolute atomic E-state index is 0.119. The van der Waals surface area contributed by atoms with Crippen molar-refractivity contribution in [2.75, 3.05) is 0 Å². The molecule has 20 heavy (non-hydrogen) atoms. The van der Waals surface area contributed by atoms with Gasteiger partial charge in [0.2, 0.25) is 0 Å². The second-order valence-electron chi connectivity index (χ2n) is 5.55. The molecule has 1 saturated carbocycles. The van der Waals surface area contributed by atoms with E-state index in [1.54, 1.807) is 0 Å². The lowest BCUT2D eigenvalue weighted by atomic mass is 10.0. The molecular formula is C15H18N4O. The zero-order valence-corrected chi connectivity index (χ0v) is 11.4. The molecule has 0 radical (unpaired) electrons. The Bertz CT molecular complexity index is 708. The summed E-state index contributed by atoms with van der Waals surface area (Å²) in [4.78, 5) is 16.8. The molecule has 3 rings (SSSR count). The van der Waals surface area contributed by atoms with E-state index < -0.39 is 0 Å². The Balaban J connectivity index is 1.79. The van der Waals surface area contributed by atoms with E-state index in [1.807, 2.05) is 18.2 Å². The van der Waals surface area contributed by atoms with Gasteiger partial charge in [-0.05, 0) is 37.5 Å². The molecule has 1 heterocycles. The molecule has 0 bridgehead atoms. The Labute approximate surface area is 117 Å². The normalized spacial score (nSPS) is 23.8. The van der Waals surface area contributed by atoms with Crippen LogP contribution in [-0.4, -0.2) is 16.0 Å². The molecule has 104 valence electrons. The minimum Gasteiger partial charge on any atom is -0.306 e. The van der Waals surface area contributed by atoms with E-state index in [1.165, 1.54) is 0 Å². The second-order valence-corrected chi connectivity index (χ2v) is 5.55. The summed E-state index contributed by atoms with van der Waals surface area (Å²) >= 11 is 0. The summed E-state index contributed by atoms with van der Waals surface area (Å²) in [7, 11) is 0. The van der Waals surface area contributed by atoms with Gasteiger partial charge >= 0.3 is 5.69 Å². The van der Waals surface area contributed by atoms with Crippen LogP contribution in [-0.2, 0) is 0 Å². The smallest absolute Gasteiger partial charge is 0.306 e. The molecule has 1 aromatic heterocycles. The van der Waals surface area contributed by atoms with Gasteiger partial charge in [0.1, 0.15) is 0 Å². The molecule has 0 aliphatic heterocycles. The van der Waals surface area contributed by atoms with E-state index in [9.17, 15) is 4.79 Å². The van der Waals surface area contributed by atoms with Crippen LogP contribution in [0.2, 0.25) is 0 Å². The molecule has 3 unspecified atom stereocenters. The first kappa shape index (κ1) is 12.9. The van der Waals surface area contributed by atoms with Gasteiger partial charge in [-0.15, -0.1) is 0 Å². The lowest BCUT2D eigenvalue weighted by molar-refractivity contribution is 0.418. The van der Waals surface area contributed by atoms with Crippen molar-refractivity contribution in [1.82, 2.24) is 15.3 Å². The van der Waals surface area contributed by atoms with Crippen LogP contribution < -0.4 is 11.0 Å². The Morgan fingerprint density at radius 3 is 2.95 bits per heavy atom. The van der Waals surface area contributed by atoms with Gasteiger partial charge in [-0.3, -0.25) is 0 Å². The van der Waals surface area contributed by atoms with Crippen LogP contribution in [0.1, 0.15) is 37.8 Å². The van der Waals surface area contributed by atoms with Gasteiger partial charge in [0.15, 0.2) is 0 Å². The molecule has 1 aliphatic rings. The monoisotopic (exact) mass is 270 g/mol. The van der Waals surface area contributed by atoms with Crippen LogP contribution in [0.15, 0.2) is 23.0 Å². The fraction of sp³-hybridized carbons (Fsp3) is 0.467. The van der Waals surface area contributed by atoms with E-state index in [4.69, 9.17) is 5.26 Å². The van der Waals surface area contributed by atoms with Crippen molar-refractivity contribution in [3.63, 3.8) is 0 Å². The molecule has 0 amide bonds. The largest absolute Gasteiger partial charge is 0.323 e. The number of nitrogens with one attached hydrogen (secondary N) is 3. The summed E-state index contributed by atoms with van der Waals surface area (Å²) < 4.78 is 0. The molecule has 0 spiro atoms. The van der Waals surface area contributed by atoms with E-state index in [-0.39, 0.29) is 23.7 Å². The fourth-order valence-electron chi connectivity index (χ4n) is 3.05. The number of aromatic amines is 2. The lowest BCUT2D eigenvalue weighted by Crippen LogP contribution is -2.33. The van der Waals surface area contributed by atoms with Crippen LogP contribution in [0.25, 0.3) is 11.0 Å². The molecule has 5 nitrogen and oxygen atoms in total. The van der Waals surface area contributed by atoms with E-state index in [0.717, 1.165) is 35.9 Å². The SMILES string of the molecule is CC(NC1CCCC1C#N)c1ccc2[nH]c(=O)[nH]c2c1. The van der Waals surface area contributed by atoms with Crippen molar-refractivity contribution in [1.29, 1.82) is 5.26 Å². The third kappa shape index (κ3) is 2.35. The molecule has 3 N–H and O–H groups in total. The first-order chi connectivity index (χ1) is 9.67. The summed E-state index contributed by atoms with van der Waals surface area (Å²) in [5.74, 6) is 0.119. The van der Waals surface area contributed by atoms with Gasteiger partial charge in [-0.1, -0.05) is 12.5 Å². The molecule has 3 atom stereocenters. The van der Waals surface area contributed by atoms with Crippen LogP contribution in [0.4, 0.5) is 0 Å². The van der Waals surface area contributed by atoms with Crippen LogP contribution >= 0.6 is 0 Å². The molecular weight excluding hydrogens is 252 g/mol. The minimum atomic E-state index is -0.182. The molecule has 1 aromatic carbocycles. The van der Waals surface area contributed by atoms with E-state index in [0.29, 0.717) is 0 Å². The number of aromatic nitrogens is 2. The third-order valence-corrected chi connectivity index (χ3v) is 4.19. The highest BCUT2D eigenvalue weighted by atomic mass is 16.1. The molecule has 5 heteroatoms. The van der Waals surface area contributed by atoms with Crippen molar-refractivity contribution >= 4 is 11.0 Å². The maximum Gasteiger partial charge on any atom is 0.323 e. The fourth-order valence-corrected chi connectivity index (χ4v) is 3.05. The third-order valence-electron chi connectivity index (χ3n) is 4.19. The zero-order chi connectivity index (χ0) is 14.1. The topological polar surface area (TPSA) is 84.5 Å². The summed E-state index contributed by atoms with van der Waals surface area (Å²) in [6.07, 6.45) is 3.17. The Kier molecular flexibility index (Phi) is 3.33. The molecule has 2 aromatic rings. The Morgan fingerprint density at radius 2 is 2.15 bits per heavy atom. The quantitative estimate of drug-likeness (QED) is 0.799. The number of hydrogen-bond donors (Lipinski definition) is 3. The highest BCUT2D eigenvalue weighted by molar-refractivity contribution is 5.75. The summed E-state index contributed by atoms with van der Waals surface area (Å²) in [6.45, 7) is 2.10. The van der Waals surface area contributed by atoms with Gasteiger partial charge in [0.25, 0.3) is 0 Å². The van der Waals surface area contributed by atoms with Crippen molar-refractivity contribution in [3.05, 3.63) is 34.2 Å². The van der Waals surface area contributed by atoms with E-state index in [2.05, 4.69) is 28.3 Å². The number of hydrogen-bond acceptors (Lipinski definition) is 3. The van der Waals surface area contributed by atoms with Crippen LogP contribution in [0.5, 0.6) is 0 Å². The number of rotatable bonds is 3. The predicted molar refractivity (Wildman–Crippen MR) is 77.2 cm³/mol. The summed E-state index contributed by atoms with van der Waals surface area (Å²) in [5.41, 5.74) is 2.58. The molecule has 1 fully saturated rings. The number of nitriles is 1. The van der Waals surface area contributed by atoms with Crippen LogP contribution in [0, 0.1) is 17.2 Å². The lowest BCUT2D eigenvalue weighted by Gasteiger charge is -2.22. The highest BCUT2D eigenvalue weighted by Crippen LogP contribution is 2.27. The maximum absolute atomic E-state index is 11.3. The van der Waals surface area contributed by atoms with Gasteiger partial charge in [0, 0.05) is 12.1 Å². The zero-order valence-electron chi connectivity index (χ0n) is 11.4. The summed E-state index contributed by atoms with van der Waals surface area (Å²) in [6, 6.07) is 8.74. The van der Waals surface area contributed by atoms with Gasteiger partial charge in [0.05, 0.1) is 23.0 Å². The van der Waals surface area contributed by atoms with Crippen molar-refractivity contribution < 1.29 is 0 Å². The number of fused-ring (bicyclic) bond motifs is 1. The van der Waals surface area contributed by atoms with Crippen molar-refractivity contribution in [2.45, 2.75) is 38.3 Å². The number of nitrogens with zero attached hydrogens (tertiary/aromatic N) is 1. The maximum atomic E-state index is 11.3. The van der Waals surface area contributed by atoms with Crippen molar-refractivity contribution in [2.24, 2.45) is 5.92 Å². The average molecular weight is 270 g/mol. The predicted octanol–water partition coefficient (Wildman–Crippen LogP) is 2.20. The number of H-pyrrole nitrogens is 2. The Hall–Kier alpha value is -2.06. The van der Waals surface area contributed by atoms with E-state index >= 15 is 0 Å². The van der Waals surface area contributed by atoms with Crippen molar-refractivity contribution in [3.8, 4) is 6.07 Å². The number of imidazole rings is 1. The summed E-state index contributed by atoms with van der Waals surface area (Å²) in [5, 5.41) is 12.7. The van der Waals surface area contributed by atoms with Gasteiger partial charge < -0.3 is 15.3 Å². The first-order valence-electron chi connectivity index (χ1n) is 7.05. The number of benzene rings is 1. The van der Waals surface area contributed by atoms with Gasteiger partial charge in [-0.25, -0.2) is 4.79 Å². The molecule has 1 aliphatic carbocycles. The average Bonchev–Trinajstić information content (AvgIpc) is 3.02. The highest BCUT2D eigenvalue weighted by Gasteiger charge is 2.28. The first-order valence-corrected chi connectivity index (χ1v) is 7.05. The van der Waals surface area contributed by atoms with Gasteiger partial charge in [-0.2, -0.15) is 5.26 Å².